The van der Waals surface area contributed by atoms with Gasteiger partial charge in [0.2, 0.25) is 0 Å². The minimum Gasteiger partial charge on any atom is -0.342 e. The number of rotatable bonds is 4. The highest BCUT2D eigenvalue weighted by Crippen LogP contribution is 2.20. The van der Waals surface area contributed by atoms with Crippen molar-refractivity contribution in [3.63, 3.8) is 0 Å². The maximum Gasteiger partial charge on any atom is 0.251 e. The van der Waals surface area contributed by atoms with Crippen LogP contribution in [0.25, 0.3) is 0 Å². The van der Waals surface area contributed by atoms with E-state index in [0.717, 1.165) is 12.2 Å². The molecule has 5 nitrogen and oxygen atoms in total. The number of hydrogen-bond acceptors (Lipinski definition) is 3. The van der Waals surface area contributed by atoms with Crippen LogP contribution in [0.3, 0.4) is 0 Å². The van der Waals surface area contributed by atoms with Gasteiger partial charge in [0, 0.05) is 5.56 Å². The highest BCUT2D eigenvalue weighted by atomic mass is 16.1. The number of hydrogen-bond donors (Lipinski definition) is 2. The summed E-state index contributed by atoms with van der Waals surface area (Å²) in [5.41, 5.74) is 2.13. The van der Waals surface area contributed by atoms with Crippen LogP contribution in [0, 0.1) is 12.3 Å². The van der Waals surface area contributed by atoms with E-state index in [1.165, 1.54) is 5.56 Å². The summed E-state index contributed by atoms with van der Waals surface area (Å²) in [6.45, 7) is 10.3. The molecule has 1 aromatic heterocycles. The van der Waals surface area contributed by atoms with E-state index in [-0.39, 0.29) is 17.4 Å². The van der Waals surface area contributed by atoms with Crippen molar-refractivity contribution in [3.8, 4) is 0 Å². The van der Waals surface area contributed by atoms with E-state index < -0.39 is 0 Å². The van der Waals surface area contributed by atoms with E-state index >= 15 is 0 Å². The Morgan fingerprint density at radius 3 is 2.41 bits per heavy atom. The lowest BCUT2D eigenvalue weighted by atomic mass is 9.88. The van der Waals surface area contributed by atoms with Gasteiger partial charge in [-0.1, -0.05) is 32.9 Å². The summed E-state index contributed by atoms with van der Waals surface area (Å²) in [5, 5.41) is 9.75. The fourth-order valence-corrected chi connectivity index (χ4v) is 2.28. The molecule has 1 unspecified atom stereocenters. The van der Waals surface area contributed by atoms with Crippen molar-refractivity contribution in [3.05, 3.63) is 47.0 Å². The van der Waals surface area contributed by atoms with Crippen LogP contribution in [0.2, 0.25) is 0 Å². The molecule has 2 N–H and O–H groups in total. The molecule has 118 valence electrons. The molecule has 0 spiro atoms. The van der Waals surface area contributed by atoms with E-state index in [1.54, 1.807) is 0 Å². The number of carbonyl (C=O) groups excluding carboxylic acids is 1. The summed E-state index contributed by atoms with van der Waals surface area (Å²) < 4.78 is 0. The summed E-state index contributed by atoms with van der Waals surface area (Å²) in [7, 11) is 0. The van der Waals surface area contributed by atoms with Crippen LogP contribution in [0.15, 0.2) is 24.3 Å². The van der Waals surface area contributed by atoms with E-state index in [1.807, 2.05) is 38.1 Å². The Morgan fingerprint density at radius 2 is 1.91 bits per heavy atom. The predicted molar refractivity (Wildman–Crippen MR) is 86.6 cm³/mol. The van der Waals surface area contributed by atoms with Gasteiger partial charge in [-0.25, -0.2) is 4.98 Å². The van der Waals surface area contributed by atoms with Crippen LogP contribution in [-0.4, -0.2) is 21.1 Å². The molecule has 1 aromatic carbocycles. The maximum absolute atomic E-state index is 12.3. The zero-order valence-corrected chi connectivity index (χ0v) is 13.9. The van der Waals surface area contributed by atoms with Gasteiger partial charge in [-0.2, -0.15) is 5.10 Å². The molecule has 0 saturated carbocycles. The van der Waals surface area contributed by atoms with Crippen LogP contribution < -0.4 is 5.32 Å². The van der Waals surface area contributed by atoms with Crippen molar-refractivity contribution < 1.29 is 4.79 Å². The fraction of sp³-hybridized carbons (Fsp3) is 0.471. The van der Waals surface area contributed by atoms with E-state index in [2.05, 4.69) is 41.3 Å². The number of H-pyrrole nitrogens is 1. The largest absolute Gasteiger partial charge is 0.342 e. The second-order valence-corrected chi connectivity index (χ2v) is 6.91. The van der Waals surface area contributed by atoms with Crippen molar-refractivity contribution in [2.45, 2.75) is 47.1 Å². The van der Waals surface area contributed by atoms with Crippen molar-refractivity contribution >= 4 is 5.91 Å². The average Bonchev–Trinajstić information content (AvgIpc) is 2.84. The number of carbonyl (C=O) groups is 1. The average molecular weight is 300 g/mol. The SMILES string of the molecule is Cc1nc(C(C)NC(=O)c2ccc(CC(C)(C)C)cc2)n[nH]1. The first-order valence-electron chi connectivity index (χ1n) is 7.53. The Bertz CT molecular complexity index is 637. The van der Waals surface area contributed by atoms with Gasteiger partial charge < -0.3 is 5.32 Å². The topological polar surface area (TPSA) is 70.7 Å². The molecule has 0 bridgehead atoms. The van der Waals surface area contributed by atoms with Gasteiger partial charge in [0.25, 0.3) is 5.91 Å². The van der Waals surface area contributed by atoms with E-state index in [9.17, 15) is 4.79 Å². The third kappa shape index (κ3) is 4.41. The van der Waals surface area contributed by atoms with Gasteiger partial charge in [-0.05, 0) is 43.4 Å². The number of aryl methyl sites for hydroxylation is 1. The number of aromatic amines is 1. The molecule has 2 aromatic rings. The Hall–Kier alpha value is -2.17. The quantitative estimate of drug-likeness (QED) is 0.911. The molecule has 1 atom stereocenters. The smallest absolute Gasteiger partial charge is 0.251 e. The minimum absolute atomic E-state index is 0.114. The summed E-state index contributed by atoms with van der Waals surface area (Å²) in [6.07, 6.45) is 0.988. The lowest BCUT2D eigenvalue weighted by molar-refractivity contribution is 0.0938. The molecule has 2 rings (SSSR count). The highest BCUT2D eigenvalue weighted by Gasteiger charge is 2.16. The summed E-state index contributed by atoms with van der Waals surface area (Å²) in [5.74, 6) is 1.22. The number of amides is 1. The molecule has 22 heavy (non-hydrogen) atoms. The minimum atomic E-state index is -0.230. The summed E-state index contributed by atoms with van der Waals surface area (Å²) in [6, 6.07) is 7.54. The fourth-order valence-electron chi connectivity index (χ4n) is 2.28. The van der Waals surface area contributed by atoms with Crippen LogP contribution in [0.1, 0.15) is 61.3 Å². The summed E-state index contributed by atoms with van der Waals surface area (Å²) in [4.78, 5) is 16.5. The van der Waals surface area contributed by atoms with E-state index in [0.29, 0.717) is 11.4 Å². The Labute approximate surface area is 131 Å². The Kier molecular flexibility index (Phi) is 4.64. The second kappa shape index (κ2) is 6.30. The lowest BCUT2D eigenvalue weighted by Gasteiger charge is -2.18. The molecule has 0 fully saturated rings. The zero-order chi connectivity index (χ0) is 16.3. The predicted octanol–water partition coefficient (Wildman–Crippen LogP) is 3.19. The van der Waals surface area contributed by atoms with Gasteiger partial charge in [-0.15, -0.1) is 0 Å². The van der Waals surface area contributed by atoms with E-state index in [4.69, 9.17) is 0 Å². The van der Waals surface area contributed by atoms with Gasteiger partial charge >= 0.3 is 0 Å². The lowest BCUT2D eigenvalue weighted by Crippen LogP contribution is -2.27. The van der Waals surface area contributed by atoms with Gasteiger partial charge in [-0.3, -0.25) is 9.89 Å². The third-order valence-electron chi connectivity index (χ3n) is 3.30. The first kappa shape index (κ1) is 16.2. The van der Waals surface area contributed by atoms with Crippen molar-refractivity contribution in [2.75, 3.05) is 0 Å². The monoisotopic (exact) mass is 300 g/mol. The van der Waals surface area contributed by atoms with Crippen LogP contribution in [0.4, 0.5) is 0 Å². The van der Waals surface area contributed by atoms with Crippen LogP contribution in [-0.2, 0) is 6.42 Å². The number of benzene rings is 1. The van der Waals surface area contributed by atoms with Gasteiger partial charge in [0.15, 0.2) is 5.82 Å². The molecular formula is C17H24N4O. The standard InChI is InChI=1S/C17H24N4O/c1-11(15-19-12(2)20-21-15)18-16(22)14-8-6-13(7-9-14)10-17(3,4)5/h6-9,11H,10H2,1-5H3,(H,18,22)(H,19,20,21). The first-order valence-corrected chi connectivity index (χ1v) is 7.53. The molecule has 0 aliphatic heterocycles. The highest BCUT2D eigenvalue weighted by molar-refractivity contribution is 5.94. The zero-order valence-electron chi connectivity index (χ0n) is 13.9. The third-order valence-corrected chi connectivity index (χ3v) is 3.30. The van der Waals surface area contributed by atoms with Crippen LogP contribution >= 0.6 is 0 Å². The Balaban J connectivity index is 2.00. The molecule has 0 aliphatic rings. The van der Waals surface area contributed by atoms with Crippen molar-refractivity contribution in [1.29, 1.82) is 0 Å². The van der Waals surface area contributed by atoms with Crippen molar-refractivity contribution in [1.82, 2.24) is 20.5 Å². The summed E-state index contributed by atoms with van der Waals surface area (Å²) >= 11 is 0. The maximum atomic E-state index is 12.3. The number of nitrogens with zero attached hydrogens (tertiary/aromatic N) is 2. The normalized spacial score (nSPS) is 13.0. The molecule has 1 heterocycles. The number of aromatic nitrogens is 3. The molecule has 5 heteroatoms. The molecular weight excluding hydrogens is 276 g/mol. The van der Waals surface area contributed by atoms with Gasteiger partial charge in [0.1, 0.15) is 5.82 Å². The molecule has 0 saturated heterocycles. The van der Waals surface area contributed by atoms with Crippen LogP contribution in [0.5, 0.6) is 0 Å². The second-order valence-electron chi connectivity index (χ2n) is 6.91. The molecule has 0 aliphatic carbocycles. The Morgan fingerprint density at radius 1 is 1.27 bits per heavy atom. The molecule has 0 radical (unpaired) electrons. The first-order chi connectivity index (χ1) is 10.2. The molecule has 1 amide bonds. The van der Waals surface area contributed by atoms with Gasteiger partial charge in [0.05, 0.1) is 6.04 Å². The number of nitrogens with one attached hydrogen (secondary N) is 2. The van der Waals surface area contributed by atoms with Crippen molar-refractivity contribution in [2.24, 2.45) is 5.41 Å².